The molecule has 4 rings (SSSR count). The molecule has 0 radical (unpaired) electrons. The van der Waals surface area contributed by atoms with E-state index >= 15 is 0 Å². The van der Waals surface area contributed by atoms with Crippen LogP contribution in [0.5, 0.6) is 0 Å². The number of aromatic nitrogens is 5. The molecule has 0 aliphatic carbocycles. The second-order valence-electron chi connectivity index (χ2n) is 5.50. The van der Waals surface area contributed by atoms with Crippen LogP contribution in [0.15, 0.2) is 24.5 Å². The van der Waals surface area contributed by atoms with E-state index in [0.29, 0.717) is 18.4 Å². The van der Waals surface area contributed by atoms with E-state index in [4.69, 9.17) is 9.47 Å². The highest BCUT2D eigenvalue weighted by molar-refractivity contribution is 5.54. The third-order valence-corrected chi connectivity index (χ3v) is 3.84. The molecule has 4 heterocycles. The summed E-state index contributed by atoms with van der Waals surface area (Å²) in [6, 6.07) is 3.82. The molecule has 0 unspecified atom stereocenters. The molecule has 0 bridgehead atoms. The molecule has 1 aliphatic rings. The minimum absolute atomic E-state index is 0.114. The Balaban J connectivity index is 1.59. The standard InChI is InChI=1S/C15H18N6O2/c1-22-9-10-8-21-14(17-10)4-5-16-15(21)18-13-7-11(19-20-13)12-3-2-6-23-12/h4-5,7-8,12H,2-3,6,9H2,1H3,(H2,16,18,19,20)/t12-/m0/s1. The second kappa shape index (κ2) is 5.98. The molecule has 2 N–H and O–H groups in total. The highest BCUT2D eigenvalue weighted by Crippen LogP contribution is 2.28. The van der Waals surface area contributed by atoms with Gasteiger partial charge in [0, 0.05) is 32.2 Å². The Kier molecular flexibility index (Phi) is 3.68. The Morgan fingerprint density at radius 1 is 1.52 bits per heavy atom. The van der Waals surface area contributed by atoms with Crippen LogP contribution < -0.4 is 5.32 Å². The molecule has 0 spiro atoms. The fraction of sp³-hybridized carbons (Fsp3) is 0.400. The van der Waals surface area contributed by atoms with Crippen molar-refractivity contribution in [1.82, 2.24) is 24.6 Å². The van der Waals surface area contributed by atoms with Gasteiger partial charge in [0.05, 0.1) is 24.1 Å². The van der Waals surface area contributed by atoms with Crippen LogP contribution in [0.3, 0.4) is 0 Å². The minimum Gasteiger partial charge on any atom is -0.378 e. The van der Waals surface area contributed by atoms with Crippen LogP contribution in [0.2, 0.25) is 0 Å². The number of nitrogens with zero attached hydrogens (tertiary/aromatic N) is 4. The molecule has 3 aromatic heterocycles. The van der Waals surface area contributed by atoms with Crippen molar-refractivity contribution >= 4 is 17.4 Å². The molecule has 8 nitrogen and oxygen atoms in total. The molecule has 23 heavy (non-hydrogen) atoms. The summed E-state index contributed by atoms with van der Waals surface area (Å²) in [7, 11) is 1.65. The number of methoxy groups -OCH3 is 1. The number of fused-ring (bicyclic) bond motifs is 1. The molecule has 0 saturated carbocycles. The van der Waals surface area contributed by atoms with E-state index in [1.165, 1.54) is 0 Å². The van der Waals surface area contributed by atoms with E-state index in [-0.39, 0.29) is 6.10 Å². The van der Waals surface area contributed by atoms with Crippen molar-refractivity contribution < 1.29 is 9.47 Å². The van der Waals surface area contributed by atoms with E-state index < -0.39 is 0 Å². The monoisotopic (exact) mass is 314 g/mol. The average molecular weight is 314 g/mol. The molecule has 1 fully saturated rings. The van der Waals surface area contributed by atoms with Gasteiger partial charge < -0.3 is 14.8 Å². The molecule has 1 atom stereocenters. The third kappa shape index (κ3) is 2.78. The zero-order chi connectivity index (χ0) is 15.6. The second-order valence-corrected chi connectivity index (χ2v) is 5.50. The quantitative estimate of drug-likeness (QED) is 0.750. The maximum atomic E-state index is 5.66. The minimum atomic E-state index is 0.114. The first kappa shape index (κ1) is 14.2. The van der Waals surface area contributed by atoms with Gasteiger partial charge in [-0.3, -0.25) is 9.50 Å². The first-order valence-electron chi connectivity index (χ1n) is 7.59. The van der Waals surface area contributed by atoms with E-state index in [0.717, 1.165) is 36.5 Å². The molecule has 3 aromatic rings. The summed E-state index contributed by atoms with van der Waals surface area (Å²) < 4.78 is 12.7. The molecule has 8 heteroatoms. The lowest BCUT2D eigenvalue weighted by molar-refractivity contribution is 0.108. The summed E-state index contributed by atoms with van der Waals surface area (Å²) in [5.74, 6) is 1.36. The highest BCUT2D eigenvalue weighted by Gasteiger charge is 2.20. The lowest BCUT2D eigenvalue weighted by Gasteiger charge is -2.05. The van der Waals surface area contributed by atoms with Gasteiger partial charge in [-0.1, -0.05) is 0 Å². The summed E-state index contributed by atoms with van der Waals surface area (Å²) in [5.41, 5.74) is 2.65. The predicted molar refractivity (Wildman–Crippen MR) is 83.5 cm³/mol. The third-order valence-electron chi connectivity index (χ3n) is 3.84. The van der Waals surface area contributed by atoms with E-state index in [1.54, 1.807) is 13.3 Å². The maximum absolute atomic E-state index is 5.66. The zero-order valence-electron chi connectivity index (χ0n) is 12.8. The normalized spacial score (nSPS) is 17.9. The zero-order valence-corrected chi connectivity index (χ0v) is 12.8. The van der Waals surface area contributed by atoms with Crippen molar-refractivity contribution in [3.8, 4) is 0 Å². The number of imidazole rings is 1. The van der Waals surface area contributed by atoms with Crippen LogP contribution in [0.25, 0.3) is 5.65 Å². The van der Waals surface area contributed by atoms with Gasteiger partial charge in [-0.25, -0.2) is 9.97 Å². The van der Waals surface area contributed by atoms with Crippen molar-refractivity contribution in [2.45, 2.75) is 25.6 Å². The number of H-pyrrole nitrogens is 1. The summed E-state index contributed by atoms with van der Waals surface area (Å²) in [4.78, 5) is 8.85. The van der Waals surface area contributed by atoms with E-state index in [9.17, 15) is 0 Å². The lowest BCUT2D eigenvalue weighted by atomic mass is 10.2. The largest absolute Gasteiger partial charge is 0.378 e. The first-order valence-corrected chi connectivity index (χ1v) is 7.59. The predicted octanol–water partition coefficient (Wildman–Crippen LogP) is 2.19. The molecular weight excluding hydrogens is 296 g/mol. The van der Waals surface area contributed by atoms with Gasteiger partial charge in [0.2, 0.25) is 5.95 Å². The van der Waals surface area contributed by atoms with E-state index in [2.05, 4.69) is 25.5 Å². The summed E-state index contributed by atoms with van der Waals surface area (Å²) in [5, 5.41) is 10.5. The Morgan fingerprint density at radius 2 is 2.48 bits per heavy atom. The van der Waals surface area contributed by atoms with Gasteiger partial charge >= 0.3 is 0 Å². The maximum Gasteiger partial charge on any atom is 0.214 e. The fourth-order valence-corrected chi connectivity index (χ4v) is 2.78. The molecule has 1 aliphatic heterocycles. The Bertz CT molecular complexity index is 805. The fourth-order valence-electron chi connectivity index (χ4n) is 2.78. The number of aromatic amines is 1. The van der Waals surface area contributed by atoms with E-state index in [1.807, 2.05) is 22.7 Å². The van der Waals surface area contributed by atoms with Crippen molar-refractivity contribution in [3.05, 3.63) is 35.9 Å². The number of nitrogens with one attached hydrogen (secondary N) is 2. The van der Waals surface area contributed by atoms with Gasteiger partial charge in [-0.05, 0) is 18.9 Å². The Morgan fingerprint density at radius 3 is 3.30 bits per heavy atom. The summed E-state index contributed by atoms with van der Waals surface area (Å²) in [6.07, 6.45) is 5.85. The number of hydrogen-bond acceptors (Lipinski definition) is 6. The smallest absolute Gasteiger partial charge is 0.214 e. The molecule has 0 amide bonds. The average Bonchev–Trinajstić information content (AvgIpc) is 3.27. The van der Waals surface area contributed by atoms with Gasteiger partial charge in [0.25, 0.3) is 0 Å². The summed E-state index contributed by atoms with van der Waals surface area (Å²) in [6.45, 7) is 1.28. The van der Waals surface area contributed by atoms with Gasteiger partial charge in [-0.15, -0.1) is 0 Å². The molecule has 1 saturated heterocycles. The van der Waals surface area contributed by atoms with Crippen molar-refractivity contribution in [1.29, 1.82) is 0 Å². The number of anilines is 2. The SMILES string of the molecule is COCc1cn2c(Nc3cc([C@@H]4CCCO4)[nH]n3)nccc2n1. The van der Waals surface area contributed by atoms with Crippen LogP contribution in [0, 0.1) is 0 Å². The molecule has 120 valence electrons. The van der Waals surface area contributed by atoms with Crippen LogP contribution in [-0.4, -0.2) is 38.3 Å². The van der Waals surface area contributed by atoms with Crippen molar-refractivity contribution in [2.75, 3.05) is 19.0 Å². The van der Waals surface area contributed by atoms with Gasteiger partial charge in [0.15, 0.2) is 5.82 Å². The van der Waals surface area contributed by atoms with Crippen molar-refractivity contribution in [3.63, 3.8) is 0 Å². The Labute approximate surface area is 132 Å². The molecular formula is C15H18N6O2. The Hall–Kier alpha value is -2.45. The first-order chi connectivity index (χ1) is 11.3. The number of hydrogen-bond donors (Lipinski definition) is 2. The number of ether oxygens (including phenoxy) is 2. The van der Waals surface area contributed by atoms with Crippen molar-refractivity contribution in [2.24, 2.45) is 0 Å². The van der Waals surface area contributed by atoms with Crippen LogP contribution in [0.1, 0.15) is 30.3 Å². The van der Waals surface area contributed by atoms with Gasteiger partial charge in [0.1, 0.15) is 5.65 Å². The highest BCUT2D eigenvalue weighted by atomic mass is 16.5. The van der Waals surface area contributed by atoms with Crippen LogP contribution in [0.4, 0.5) is 11.8 Å². The lowest BCUT2D eigenvalue weighted by Crippen LogP contribution is -2.00. The van der Waals surface area contributed by atoms with Crippen LogP contribution in [-0.2, 0) is 16.1 Å². The van der Waals surface area contributed by atoms with Gasteiger partial charge in [-0.2, -0.15) is 5.10 Å². The van der Waals surface area contributed by atoms with Crippen LogP contribution >= 0.6 is 0 Å². The number of rotatable bonds is 5. The summed E-state index contributed by atoms with van der Waals surface area (Å²) >= 11 is 0. The topological polar surface area (TPSA) is 89.4 Å². The molecule has 0 aromatic carbocycles.